The summed E-state index contributed by atoms with van der Waals surface area (Å²) < 4.78 is 19.0. The predicted molar refractivity (Wildman–Crippen MR) is 76.5 cm³/mol. The Morgan fingerprint density at radius 2 is 2.33 bits per heavy atom. The molecule has 3 rings (SSSR count). The van der Waals surface area contributed by atoms with E-state index in [2.05, 4.69) is 0 Å². The van der Waals surface area contributed by atoms with E-state index < -0.39 is 5.82 Å². The molecular formula is C16H18FNO3. The molecule has 1 aromatic carbocycles. The van der Waals surface area contributed by atoms with E-state index >= 15 is 0 Å². The van der Waals surface area contributed by atoms with Crippen LogP contribution in [0.4, 0.5) is 4.39 Å². The zero-order chi connectivity index (χ0) is 15.0. The summed E-state index contributed by atoms with van der Waals surface area (Å²) in [6, 6.07) is 5.96. The topological polar surface area (TPSA) is 53.7 Å². The van der Waals surface area contributed by atoms with Crippen molar-refractivity contribution in [1.29, 1.82) is 0 Å². The number of amides is 1. The van der Waals surface area contributed by atoms with Gasteiger partial charge in [0.1, 0.15) is 0 Å². The number of piperidine rings is 1. The number of hydrogen-bond donors (Lipinski definition) is 1. The maximum Gasteiger partial charge on any atom is 0.289 e. The van der Waals surface area contributed by atoms with Crippen LogP contribution in [-0.2, 0) is 0 Å². The summed E-state index contributed by atoms with van der Waals surface area (Å²) >= 11 is 0. The number of benzene rings is 1. The lowest BCUT2D eigenvalue weighted by Gasteiger charge is -2.38. The first kappa shape index (κ1) is 14.1. The van der Waals surface area contributed by atoms with E-state index in [9.17, 15) is 14.3 Å². The third-order valence-electron chi connectivity index (χ3n) is 4.27. The van der Waals surface area contributed by atoms with Crippen LogP contribution in [0.3, 0.4) is 0 Å². The summed E-state index contributed by atoms with van der Waals surface area (Å²) in [4.78, 5) is 14.2. The highest BCUT2D eigenvalue weighted by atomic mass is 19.1. The number of likely N-dealkylation sites (tertiary alicyclic amines) is 1. The van der Waals surface area contributed by atoms with E-state index in [0.717, 1.165) is 12.8 Å². The van der Waals surface area contributed by atoms with E-state index in [0.29, 0.717) is 11.9 Å². The minimum absolute atomic E-state index is 0.0680. The van der Waals surface area contributed by atoms with E-state index in [4.69, 9.17) is 4.42 Å². The lowest BCUT2D eigenvalue weighted by molar-refractivity contribution is 0.0333. The number of aliphatic hydroxyl groups is 1. The Balaban J connectivity index is 1.94. The summed E-state index contributed by atoms with van der Waals surface area (Å²) in [7, 11) is 0. The fourth-order valence-electron chi connectivity index (χ4n) is 3.05. The largest absolute Gasteiger partial charge is 0.448 e. The van der Waals surface area contributed by atoms with Crippen LogP contribution < -0.4 is 0 Å². The monoisotopic (exact) mass is 291 g/mol. The fourth-order valence-corrected chi connectivity index (χ4v) is 3.05. The van der Waals surface area contributed by atoms with Crippen LogP contribution in [0.15, 0.2) is 28.7 Å². The van der Waals surface area contributed by atoms with Crippen molar-refractivity contribution in [2.45, 2.75) is 25.8 Å². The number of fused-ring (bicyclic) bond motifs is 1. The van der Waals surface area contributed by atoms with Crippen LogP contribution in [0, 0.1) is 11.7 Å². The van der Waals surface area contributed by atoms with Gasteiger partial charge in [-0.25, -0.2) is 4.39 Å². The van der Waals surface area contributed by atoms with Crippen LogP contribution in [0.5, 0.6) is 0 Å². The Labute approximate surface area is 122 Å². The van der Waals surface area contributed by atoms with Crippen LogP contribution >= 0.6 is 0 Å². The minimum atomic E-state index is -0.475. The number of para-hydroxylation sites is 1. The lowest BCUT2D eigenvalue weighted by atomic mass is 9.91. The molecule has 0 aliphatic carbocycles. The fraction of sp³-hybridized carbons (Fsp3) is 0.438. The SMILES string of the molecule is CC1CCCN(C(=O)c2cc3cccc(F)c3o2)C1CO. The third kappa shape index (κ3) is 2.42. The number of aliphatic hydroxyl groups excluding tert-OH is 1. The molecule has 1 fully saturated rings. The second kappa shape index (κ2) is 5.48. The van der Waals surface area contributed by atoms with E-state index in [1.165, 1.54) is 6.07 Å². The summed E-state index contributed by atoms with van der Waals surface area (Å²) in [5.41, 5.74) is 0.103. The first-order chi connectivity index (χ1) is 10.1. The van der Waals surface area contributed by atoms with Gasteiger partial charge in [-0.2, -0.15) is 0 Å². The summed E-state index contributed by atoms with van der Waals surface area (Å²) in [6.45, 7) is 2.55. The second-order valence-electron chi connectivity index (χ2n) is 5.64. The number of carbonyl (C=O) groups excluding carboxylic acids is 1. The summed E-state index contributed by atoms with van der Waals surface area (Å²) in [6.07, 6.45) is 1.89. The van der Waals surface area contributed by atoms with E-state index in [1.54, 1.807) is 23.1 Å². The standard InChI is InChI=1S/C16H18FNO3/c1-10-4-3-7-18(13(10)9-19)16(20)14-8-11-5-2-6-12(17)15(11)21-14/h2,5-6,8,10,13,19H,3-4,7,9H2,1H3. The highest BCUT2D eigenvalue weighted by Crippen LogP contribution is 2.27. The highest BCUT2D eigenvalue weighted by Gasteiger charge is 2.33. The second-order valence-corrected chi connectivity index (χ2v) is 5.64. The van der Waals surface area contributed by atoms with E-state index in [-0.39, 0.29) is 35.8 Å². The van der Waals surface area contributed by atoms with Crippen LogP contribution in [-0.4, -0.2) is 35.1 Å². The number of nitrogens with zero attached hydrogens (tertiary/aromatic N) is 1. The van der Waals surface area contributed by atoms with Gasteiger partial charge in [0.2, 0.25) is 0 Å². The molecule has 1 amide bonds. The van der Waals surface area contributed by atoms with Gasteiger partial charge < -0.3 is 14.4 Å². The van der Waals surface area contributed by atoms with Gasteiger partial charge in [-0.1, -0.05) is 19.1 Å². The Morgan fingerprint density at radius 1 is 1.52 bits per heavy atom. The van der Waals surface area contributed by atoms with E-state index in [1.807, 2.05) is 6.92 Å². The van der Waals surface area contributed by atoms with Gasteiger partial charge in [-0.15, -0.1) is 0 Å². The normalized spacial score (nSPS) is 22.7. The molecule has 0 radical (unpaired) electrons. The zero-order valence-electron chi connectivity index (χ0n) is 11.9. The Bertz CT molecular complexity index is 667. The van der Waals surface area contributed by atoms with Gasteiger partial charge in [0.05, 0.1) is 12.6 Å². The van der Waals surface area contributed by atoms with Crippen molar-refractivity contribution in [3.63, 3.8) is 0 Å². The molecule has 2 atom stereocenters. The number of furan rings is 1. The molecule has 2 aromatic rings. The van der Waals surface area contributed by atoms with Gasteiger partial charge in [0, 0.05) is 11.9 Å². The quantitative estimate of drug-likeness (QED) is 0.925. The Hall–Kier alpha value is -1.88. The molecule has 1 saturated heterocycles. The van der Waals surface area contributed by atoms with Crippen LogP contribution in [0.1, 0.15) is 30.3 Å². The van der Waals surface area contributed by atoms with Gasteiger partial charge >= 0.3 is 0 Å². The first-order valence-corrected chi connectivity index (χ1v) is 7.21. The minimum Gasteiger partial charge on any atom is -0.448 e. The molecule has 1 aliphatic heterocycles. The van der Waals surface area contributed by atoms with Crippen molar-refractivity contribution in [2.24, 2.45) is 5.92 Å². The highest BCUT2D eigenvalue weighted by molar-refractivity contribution is 5.96. The van der Waals surface area contributed by atoms with Crippen molar-refractivity contribution < 1.29 is 18.7 Å². The number of rotatable bonds is 2. The lowest BCUT2D eigenvalue weighted by Crippen LogP contribution is -2.49. The van der Waals surface area contributed by atoms with Crippen molar-refractivity contribution >= 4 is 16.9 Å². The molecule has 21 heavy (non-hydrogen) atoms. The first-order valence-electron chi connectivity index (χ1n) is 7.21. The molecule has 2 unspecified atom stereocenters. The average molecular weight is 291 g/mol. The molecule has 112 valence electrons. The smallest absolute Gasteiger partial charge is 0.289 e. The van der Waals surface area contributed by atoms with Crippen LogP contribution in [0.25, 0.3) is 11.0 Å². The van der Waals surface area contributed by atoms with Gasteiger partial charge in [-0.05, 0) is 30.9 Å². The Morgan fingerprint density at radius 3 is 3.05 bits per heavy atom. The predicted octanol–water partition coefficient (Wildman–Crippen LogP) is 2.80. The maximum atomic E-state index is 13.7. The van der Waals surface area contributed by atoms with Crippen molar-refractivity contribution in [3.8, 4) is 0 Å². The zero-order valence-corrected chi connectivity index (χ0v) is 11.9. The maximum absolute atomic E-state index is 13.7. The molecule has 0 saturated carbocycles. The number of halogens is 1. The number of carbonyl (C=O) groups is 1. The van der Waals surface area contributed by atoms with Gasteiger partial charge in [-0.3, -0.25) is 4.79 Å². The molecule has 4 nitrogen and oxygen atoms in total. The summed E-state index contributed by atoms with van der Waals surface area (Å²) in [5, 5.41) is 10.1. The molecule has 1 aliphatic rings. The molecule has 1 aromatic heterocycles. The van der Waals surface area contributed by atoms with Crippen molar-refractivity contribution in [1.82, 2.24) is 4.90 Å². The molecule has 0 bridgehead atoms. The van der Waals surface area contributed by atoms with Crippen molar-refractivity contribution in [3.05, 3.63) is 35.8 Å². The molecule has 1 N–H and O–H groups in total. The molecular weight excluding hydrogens is 273 g/mol. The molecule has 5 heteroatoms. The third-order valence-corrected chi connectivity index (χ3v) is 4.27. The molecule has 0 spiro atoms. The number of hydrogen-bond acceptors (Lipinski definition) is 3. The van der Waals surface area contributed by atoms with Crippen molar-refractivity contribution in [2.75, 3.05) is 13.2 Å². The van der Waals surface area contributed by atoms with Gasteiger partial charge in [0.15, 0.2) is 17.2 Å². The van der Waals surface area contributed by atoms with Gasteiger partial charge in [0.25, 0.3) is 5.91 Å². The Kier molecular flexibility index (Phi) is 3.68. The average Bonchev–Trinajstić information content (AvgIpc) is 2.92. The summed E-state index contributed by atoms with van der Waals surface area (Å²) in [5.74, 6) is -0.384. The van der Waals surface area contributed by atoms with Crippen LogP contribution in [0.2, 0.25) is 0 Å². The molecule has 2 heterocycles.